The summed E-state index contributed by atoms with van der Waals surface area (Å²) >= 11 is 0. The van der Waals surface area contributed by atoms with E-state index in [9.17, 15) is 14.7 Å². The molecule has 0 spiro atoms. The Morgan fingerprint density at radius 3 is 2.41 bits per heavy atom. The van der Waals surface area contributed by atoms with E-state index in [1.54, 1.807) is 73.1 Å². The summed E-state index contributed by atoms with van der Waals surface area (Å²) in [5, 5.41) is 11.4. The van der Waals surface area contributed by atoms with Gasteiger partial charge < -0.3 is 14.6 Å². The maximum Gasteiger partial charge on any atom is 0.300 e. The third kappa shape index (κ3) is 5.38. The van der Waals surface area contributed by atoms with Crippen molar-refractivity contribution in [3.63, 3.8) is 0 Å². The van der Waals surface area contributed by atoms with Crippen LogP contribution in [0.25, 0.3) is 5.76 Å². The van der Waals surface area contributed by atoms with Gasteiger partial charge in [-0.1, -0.05) is 37.3 Å². The average molecular weight is 521 g/mol. The first-order valence-electron chi connectivity index (χ1n) is 12.7. The molecular weight excluding hydrogens is 492 g/mol. The van der Waals surface area contributed by atoms with Crippen LogP contribution < -0.4 is 14.4 Å². The summed E-state index contributed by atoms with van der Waals surface area (Å²) in [5.41, 5.74) is 2.53. The lowest BCUT2D eigenvalue weighted by Gasteiger charge is -2.25. The number of aliphatic hydroxyl groups is 1. The number of Topliss-reactive ketones (excluding diaryl/α,β-unsaturated/α-hetero) is 1. The van der Waals surface area contributed by atoms with Gasteiger partial charge in [-0.25, -0.2) is 0 Å². The number of nitrogens with zero attached hydrogens (tertiary/aromatic N) is 2. The standard InChI is InChI=1S/C32H28N2O5/c1-3-17-38-26-10-5-8-22(19-26)30(35)28-29(23-9-6-16-33-20-23)34(32(37)31(28)36)24-12-14-25(15-13-24)39-27-11-4-7-21(2)18-27/h4-16,18-20,29,35H,3,17H2,1-2H3/b30-28-. The lowest BCUT2D eigenvalue weighted by molar-refractivity contribution is -0.132. The highest BCUT2D eigenvalue weighted by molar-refractivity contribution is 6.51. The van der Waals surface area contributed by atoms with Gasteiger partial charge in [0.1, 0.15) is 23.0 Å². The monoisotopic (exact) mass is 520 g/mol. The van der Waals surface area contributed by atoms with E-state index in [1.807, 2.05) is 38.1 Å². The number of carbonyl (C=O) groups excluding carboxylic acids is 2. The van der Waals surface area contributed by atoms with Crippen LogP contribution in [0.15, 0.2) is 103 Å². The first-order chi connectivity index (χ1) is 19.0. The largest absolute Gasteiger partial charge is 0.507 e. The number of anilines is 1. The van der Waals surface area contributed by atoms with E-state index in [4.69, 9.17) is 9.47 Å². The van der Waals surface area contributed by atoms with Crippen molar-refractivity contribution in [1.29, 1.82) is 0 Å². The molecule has 1 fully saturated rings. The fraction of sp³-hybridized carbons (Fsp3) is 0.156. The van der Waals surface area contributed by atoms with Crippen LogP contribution in [0.4, 0.5) is 5.69 Å². The number of ketones is 1. The smallest absolute Gasteiger partial charge is 0.300 e. The Hall–Kier alpha value is -4.91. The number of carbonyl (C=O) groups is 2. The van der Waals surface area contributed by atoms with Crippen LogP contribution in [0.3, 0.4) is 0 Å². The van der Waals surface area contributed by atoms with E-state index in [0.717, 1.165) is 12.0 Å². The zero-order valence-corrected chi connectivity index (χ0v) is 21.7. The molecule has 1 aromatic heterocycles. The van der Waals surface area contributed by atoms with E-state index in [-0.39, 0.29) is 11.3 Å². The molecule has 0 aliphatic carbocycles. The van der Waals surface area contributed by atoms with Gasteiger partial charge in [-0.15, -0.1) is 0 Å². The van der Waals surface area contributed by atoms with E-state index in [2.05, 4.69) is 4.98 Å². The molecule has 1 aliphatic rings. The average Bonchev–Trinajstić information content (AvgIpc) is 3.22. The molecular formula is C32H28N2O5. The van der Waals surface area contributed by atoms with Gasteiger partial charge in [0.05, 0.1) is 18.2 Å². The summed E-state index contributed by atoms with van der Waals surface area (Å²) < 4.78 is 11.7. The highest BCUT2D eigenvalue weighted by Gasteiger charge is 2.47. The number of aromatic nitrogens is 1. The number of pyridine rings is 1. The molecule has 39 heavy (non-hydrogen) atoms. The number of benzene rings is 3. The highest BCUT2D eigenvalue weighted by Crippen LogP contribution is 2.42. The molecule has 7 heteroatoms. The number of hydrogen-bond acceptors (Lipinski definition) is 6. The van der Waals surface area contributed by atoms with Crippen LogP contribution in [0.5, 0.6) is 17.2 Å². The Morgan fingerprint density at radius 2 is 1.69 bits per heavy atom. The van der Waals surface area contributed by atoms with Gasteiger partial charge in [-0.3, -0.25) is 19.5 Å². The van der Waals surface area contributed by atoms with E-state index < -0.39 is 17.7 Å². The Morgan fingerprint density at radius 1 is 0.923 bits per heavy atom. The van der Waals surface area contributed by atoms with Gasteiger partial charge >= 0.3 is 0 Å². The maximum absolute atomic E-state index is 13.4. The molecule has 1 saturated heterocycles. The van der Waals surface area contributed by atoms with Crippen molar-refractivity contribution >= 4 is 23.1 Å². The lowest BCUT2D eigenvalue weighted by atomic mass is 9.96. The number of hydrogen-bond donors (Lipinski definition) is 1. The topological polar surface area (TPSA) is 89.0 Å². The number of aryl methyl sites for hydroxylation is 1. The fourth-order valence-corrected chi connectivity index (χ4v) is 4.55. The lowest BCUT2D eigenvalue weighted by Crippen LogP contribution is -2.29. The first-order valence-corrected chi connectivity index (χ1v) is 12.7. The summed E-state index contributed by atoms with van der Waals surface area (Å²) in [6.45, 7) is 4.51. The molecule has 196 valence electrons. The predicted molar refractivity (Wildman–Crippen MR) is 149 cm³/mol. The van der Waals surface area contributed by atoms with E-state index in [0.29, 0.717) is 40.7 Å². The summed E-state index contributed by atoms with van der Waals surface area (Å²) in [6.07, 6.45) is 4.03. The third-order valence-electron chi connectivity index (χ3n) is 6.37. The van der Waals surface area contributed by atoms with Gasteiger partial charge in [0.25, 0.3) is 11.7 Å². The fourth-order valence-electron chi connectivity index (χ4n) is 4.55. The van der Waals surface area contributed by atoms with Crippen molar-refractivity contribution in [1.82, 2.24) is 4.98 Å². The second kappa shape index (κ2) is 11.2. The Balaban J connectivity index is 1.54. The summed E-state index contributed by atoms with van der Waals surface area (Å²) in [6, 6.07) is 24.1. The minimum Gasteiger partial charge on any atom is -0.507 e. The number of ether oxygens (including phenoxy) is 2. The van der Waals surface area contributed by atoms with Crippen LogP contribution >= 0.6 is 0 Å². The Labute approximate surface area is 227 Å². The van der Waals surface area contributed by atoms with Crippen molar-refractivity contribution < 1.29 is 24.2 Å². The zero-order chi connectivity index (χ0) is 27.4. The minimum atomic E-state index is -0.873. The van der Waals surface area contributed by atoms with Gasteiger partial charge in [-0.2, -0.15) is 0 Å². The SMILES string of the molecule is CCCOc1cccc(/C(O)=C2/C(=O)C(=O)N(c3ccc(Oc4cccc(C)c4)cc3)C2c2cccnc2)c1. The Bertz CT molecular complexity index is 1530. The molecule has 5 rings (SSSR count). The Kier molecular flexibility index (Phi) is 7.41. The van der Waals surface area contributed by atoms with Gasteiger partial charge in [0.15, 0.2) is 0 Å². The summed E-state index contributed by atoms with van der Waals surface area (Å²) in [4.78, 5) is 32.4. The second-order valence-corrected chi connectivity index (χ2v) is 9.24. The van der Waals surface area contributed by atoms with Crippen LogP contribution in [0, 0.1) is 6.92 Å². The maximum atomic E-state index is 13.4. The molecule has 3 aromatic carbocycles. The molecule has 1 unspecified atom stereocenters. The molecule has 1 aliphatic heterocycles. The third-order valence-corrected chi connectivity index (χ3v) is 6.37. The number of amides is 1. The molecule has 1 atom stereocenters. The van der Waals surface area contributed by atoms with Crippen LogP contribution in [-0.4, -0.2) is 28.4 Å². The van der Waals surface area contributed by atoms with Crippen molar-refractivity contribution in [2.45, 2.75) is 26.3 Å². The normalized spacial score (nSPS) is 16.4. The molecule has 7 nitrogen and oxygen atoms in total. The predicted octanol–water partition coefficient (Wildman–Crippen LogP) is 6.60. The van der Waals surface area contributed by atoms with Crippen molar-refractivity contribution in [3.8, 4) is 17.2 Å². The van der Waals surface area contributed by atoms with Gasteiger partial charge in [0.2, 0.25) is 0 Å². The molecule has 0 bridgehead atoms. The molecule has 0 saturated carbocycles. The second-order valence-electron chi connectivity index (χ2n) is 9.24. The molecule has 4 aromatic rings. The van der Waals surface area contributed by atoms with Gasteiger partial charge in [-0.05, 0) is 79.1 Å². The van der Waals surface area contributed by atoms with Crippen molar-refractivity contribution in [3.05, 3.63) is 120 Å². The van der Waals surface area contributed by atoms with Crippen molar-refractivity contribution in [2.24, 2.45) is 0 Å². The first kappa shape index (κ1) is 25.7. The van der Waals surface area contributed by atoms with Gasteiger partial charge in [0, 0.05) is 23.6 Å². The highest BCUT2D eigenvalue weighted by atomic mass is 16.5. The molecule has 1 N–H and O–H groups in total. The van der Waals surface area contributed by atoms with Crippen LogP contribution in [0.1, 0.15) is 36.1 Å². The molecule has 2 heterocycles. The minimum absolute atomic E-state index is 0.0132. The van der Waals surface area contributed by atoms with Crippen LogP contribution in [0.2, 0.25) is 0 Å². The van der Waals surface area contributed by atoms with E-state index in [1.165, 1.54) is 4.90 Å². The van der Waals surface area contributed by atoms with Crippen molar-refractivity contribution in [2.75, 3.05) is 11.5 Å². The zero-order valence-electron chi connectivity index (χ0n) is 21.7. The number of aliphatic hydroxyl groups excluding tert-OH is 1. The molecule has 0 radical (unpaired) electrons. The van der Waals surface area contributed by atoms with Crippen LogP contribution in [-0.2, 0) is 9.59 Å². The summed E-state index contributed by atoms with van der Waals surface area (Å²) in [5.74, 6) is 0.0622. The molecule has 1 amide bonds. The quantitative estimate of drug-likeness (QED) is 0.160. The summed E-state index contributed by atoms with van der Waals surface area (Å²) in [7, 11) is 0. The number of rotatable bonds is 8. The van der Waals surface area contributed by atoms with E-state index >= 15 is 0 Å².